The van der Waals surface area contributed by atoms with Gasteiger partial charge in [-0.15, -0.1) is 0 Å². The molecule has 2 aromatic carbocycles. The highest BCUT2D eigenvalue weighted by Gasteiger charge is 2.06. The van der Waals surface area contributed by atoms with Crippen LogP contribution < -0.4 is 10.6 Å². The minimum absolute atomic E-state index is 0.345. The van der Waals surface area contributed by atoms with Gasteiger partial charge in [0.2, 0.25) is 0 Å². The minimum Gasteiger partial charge on any atom is -0.398 e. The fraction of sp³-hybridized carbons (Fsp3) is 0.235. The van der Waals surface area contributed by atoms with E-state index in [-0.39, 0.29) is 0 Å². The number of hydrogen-bond donors (Lipinski definition) is 1. The molecule has 3 heteroatoms. The Balaban J connectivity index is 2.19. The highest BCUT2D eigenvalue weighted by atomic mass is 15.1. The lowest BCUT2D eigenvalue weighted by molar-refractivity contribution is 0.920. The summed E-state index contributed by atoms with van der Waals surface area (Å²) in [4.78, 5) is 2.16. The average Bonchev–Trinajstić information content (AvgIpc) is 2.41. The number of nitrogen functional groups attached to an aromatic ring is 1. The lowest BCUT2D eigenvalue weighted by atomic mass is 10.1. The number of nitriles is 1. The van der Waals surface area contributed by atoms with Gasteiger partial charge in [-0.05, 0) is 36.2 Å². The summed E-state index contributed by atoms with van der Waals surface area (Å²) < 4.78 is 0. The van der Waals surface area contributed by atoms with E-state index in [1.807, 2.05) is 25.2 Å². The van der Waals surface area contributed by atoms with Crippen molar-refractivity contribution in [3.63, 3.8) is 0 Å². The highest BCUT2D eigenvalue weighted by Crippen LogP contribution is 2.22. The van der Waals surface area contributed by atoms with Crippen LogP contribution in [-0.4, -0.2) is 7.05 Å². The Bertz CT molecular complexity index is 641. The summed E-state index contributed by atoms with van der Waals surface area (Å²) in [6, 6.07) is 16.5. The zero-order chi connectivity index (χ0) is 14.5. The van der Waals surface area contributed by atoms with Gasteiger partial charge in [0.15, 0.2) is 0 Å². The molecule has 0 spiro atoms. The number of rotatable bonds is 4. The molecule has 0 amide bonds. The number of hydrogen-bond acceptors (Lipinski definition) is 3. The molecular formula is C17H19N3. The van der Waals surface area contributed by atoms with Gasteiger partial charge in [0.05, 0.1) is 12.5 Å². The number of aryl methyl sites for hydroxylation is 1. The lowest BCUT2D eigenvalue weighted by Crippen LogP contribution is -2.16. The van der Waals surface area contributed by atoms with Crippen LogP contribution in [0.2, 0.25) is 0 Å². The maximum atomic E-state index is 8.82. The molecule has 0 aliphatic carbocycles. The molecule has 0 fully saturated rings. The van der Waals surface area contributed by atoms with Gasteiger partial charge in [-0.25, -0.2) is 0 Å². The van der Waals surface area contributed by atoms with Crippen LogP contribution in [0.4, 0.5) is 11.4 Å². The first-order valence-corrected chi connectivity index (χ1v) is 6.62. The first-order chi connectivity index (χ1) is 9.60. The predicted octanol–water partition coefficient (Wildman–Crippen LogP) is 3.28. The Morgan fingerprint density at radius 1 is 1.20 bits per heavy atom. The lowest BCUT2D eigenvalue weighted by Gasteiger charge is -2.21. The molecule has 0 heterocycles. The van der Waals surface area contributed by atoms with E-state index in [0.717, 1.165) is 17.8 Å². The smallest absolute Gasteiger partial charge is 0.0670 e. The first-order valence-electron chi connectivity index (χ1n) is 6.62. The predicted molar refractivity (Wildman–Crippen MR) is 83.5 cm³/mol. The molecule has 2 aromatic rings. The van der Waals surface area contributed by atoms with Crippen molar-refractivity contribution in [1.82, 2.24) is 0 Å². The number of anilines is 2. The molecule has 0 atom stereocenters. The molecule has 0 saturated heterocycles. The fourth-order valence-electron chi connectivity index (χ4n) is 2.24. The molecule has 3 nitrogen and oxygen atoms in total. The van der Waals surface area contributed by atoms with Crippen molar-refractivity contribution in [2.45, 2.75) is 19.9 Å². The Labute approximate surface area is 120 Å². The van der Waals surface area contributed by atoms with Gasteiger partial charge in [-0.1, -0.05) is 29.8 Å². The van der Waals surface area contributed by atoms with Gasteiger partial charge in [0, 0.05) is 25.0 Å². The highest BCUT2D eigenvalue weighted by molar-refractivity contribution is 5.59. The van der Waals surface area contributed by atoms with Crippen molar-refractivity contribution in [3.05, 3.63) is 59.2 Å². The molecule has 102 valence electrons. The SMILES string of the molecule is Cc1cccc(CN(C)c2ccc(N)c(CC#N)c2)c1. The standard InChI is InChI=1S/C17H19N3/c1-13-4-3-5-14(10-13)12-20(2)16-6-7-17(19)15(11-16)8-9-18/h3-7,10-11H,8,12,19H2,1-2H3. The summed E-state index contributed by atoms with van der Waals surface area (Å²) in [5.41, 5.74) is 11.1. The van der Waals surface area contributed by atoms with Crippen LogP contribution in [0.25, 0.3) is 0 Å². The number of nitrogens with two attached hydrogens (primary N) is 1. The van der Waals surface area contributed by atoms with Crippen LogP contribution in [0.1, 0.15) is 16.7 Å². The topological polar surface area (TPSA) is 53.0 Å². The van der Waals surface area contributed by atoms with Gasteiger partial charge >= 0.3 is 0 Å². The molecule has 2 N–H and O–H groups in total. The number of nitrogens with zero attached hydrogens (tertiary/aromatic N) is 2. The number of benzene rings is 2. The second-order valence-corrected chi connectivity index (χ2v) is 5.06. The summed E-state index contributed by atoms with van der Waals surface area (Å²) in [5.74, 6) is 0. The fourth-order valence-corrected chi connectivity index (χ4v) is 2.24. The second kappa shape index (κ2) is 6.12. The van der Waals surface area contributed by atoms with Crippen molar-refractivity contribution in [2.75, 3.05) is 17.7 Å². The van der Waals surface area contributed by atoms with Crippen molar-refractivity contribution in [2.24, 2.45) is 0 Å². The molecular weight excluding hydrogens is 246 g/mol. The van der Waals surface area contributed by atoms with E-state index in [9.17, 15) is 0 Å². The molecule has 0 unspecified atom stereocenters. The van der Waals surface area contributed by atoms with Gasteiger partial charge in [0.1, 0.15) is 0 Å². The van der Waals surface area contributed by atoms with E-state index >= 15 is 0 Å². The monoisotopic (exact) mass is 265 g/mol. The van der Waals surface area contributed by atoms with Gasteiger partial charge < -0.3 is 10.6 Å². The van der Waals surface area contributed by atoms with Crippen molar-refractivity contribution in [1.29, 1.82) is 5.26 Å². The van der Waals surface area contributed by atoms with Crippen LogP contribution in [0.5, 0.6) is 0 Å². The average molecular weight is 265 g/mol. The van der Waals surface area contributed by atoms with Gasteiger partial charge in [-0.2, -0.15) is 5.26 Å². The molecule has 0 saturated carbocycles. The molecule has 0 aliphatic rings. The van der Waals surface area contributed by atoms with Crippen LogP contribution in [-0.2, 0) is 13.0 Å². The van der Waals surface area contributed by atoms with E-state index in [1.165, 1.54) is 11.1 Å². The van der Waals surface area contributed by atoms with Crippen molar-refractivity contribution < 1.29 is 0 Å². The van der Waals surface area contributed by atoms with E-state index in [1.54, 1.807) is 0 Å². The summed E-state index contributed by atoms with van der Waals surface area (Å²) in [6.45, 7) is 2.93. The third-order valence-electron chi connectivity index (χ3n) is 3.34. The normalized spacial score (nSPS) is 10.1. The van der Waals surface area contributed by atoms with E-state index in [0.29, 0.717) is 12.1 Å². The Hall–Kier alpha value is -2.47. The zero-order valence-electron chi connectivity index (χ0n) is 11.9. The maximum absolute atomic E-state index is 8.82. The third kappa shape index (κ3) is 3.30. The van der Waals surface area contributed by atoms with Crippen LogP contribution in [0.3, 0.4) is 0 Å². The first kappa shape index (κ1) is 14.0. The summed E-state index contributed by atoms with van der Waals surface area (Å²) in [7, 11) is 2.05. The van der Waals surface area contributed by atoms with E-state index < -0.39 is 0 Å². The van der Waals surface area contributed by atoms with Crippen LogP contribution in [0, 0.1) is 18.3 Å². The van der Waals surface area contributed by atoms with Crippen LogP contribution >= 0.6 is 0 Å². The summed E-state index contributed by atoms with van der Waals surface area (Å²) in [6.07, 6.45) is 0.345. The maximum Gasteiger partial charge on any atom is 0.0670 e. The molecule has 2 rings (SSSR count). The quantitative estimate of drug-likeness (QED) is 0.863. The molecule has 0 bridgehead atoms. The molecule has 0 aliphatic heterocycles. The Kier molecular flexibility index (Phi) is 4.27. The molecule has 0 aromatic heterocycles. The largest absolute Gasteiger partial charge is 0.398 e. The Morgan fingerprint density at radius 3 is 2.70 bits per heavy atom. The minimum atomic E-state index is 0.345. The van der Waals surface area contributed by atoms with Gasteiger partial charge in [-0.3, -0.25) is 0 Å². The van der Waals surface area contributed by atoms with E-state index in [2.05, 4.69) is 42.2 Å². The van der Waals surface area contributed by atoms with E-state index in [4.69, 9.17) is 11.0 Å². The van der Waals surface area contributed by atoms with Crippen molar-refractivity contribution >= 4 is 11.4 Å². The summed E-state index contributed by atoms with van der Waals surface area (Å²) in [5, 5.41) is 8.82. The van der Waals surface area contributed by atoms with Gasteiger partial charge in [0.25, 0.3) is 0 Å². The van der Waals surface area contributed by atoms with Crippen molar-refractivity contribution in [3.8, 4) is 6.07 Å². The molecule has 0 radical (unpaired) electrons. The molecule has 20 heavy (non-hydrogen) atoms. The third-order valence-corrected chi connectivity index (χ3v) is 3.34. The Morgan fingerprint density at radius 2 is 2.00 bits per heavy atom. The zero-order valence-corrected chi connectivity index (χ0v) is 11.9. The van der Waals surface area contributed by atoms with Crippen LogP contribution in [0.15, 0.2) is 42.5 Å². The second-order valence-electron chi connectivity index (χ2n) is 5.06. The summed E-state index contributed by atoms with van der Waals surface area (Å²) >= 11 is 0.